The van der Waals surface area contributed by atoms with Crippen LogP contribution < -0.4 is 14.8 Å². The van der Waals surface area contributed by atoms with Crippen LogP contribution in [0.4, 0.5) is 0 Å². The third-order valence-electron chi connectivity index (χ3n) is 4.73. The molecule has 1 atom stereocenters. The van der Waals surface area contributed by atoms with Crippen molar-refractivity contribution in [3.05, 3.63) is 17.7 Å². The summed E-state index contributed by atoms with van der Waals surface area (Å²) in [5.41, 5.74) is 1.18. The molecule has 138 valence electrons. The summed E-state index contributed by atoms with van der Waals surface area (Å²) in [5.74, 6) is 1.90. The van der Waals surface area contributed by atoms with Crippen LogP contribution in [-0.4, -0.2) is 50.4 Å². The second-order valence-corrected chi connectivity index (χ2v) is 6.25. The molecule has 1 aliphatic carbocycles. The first-order valence-electron chi connectivity index (χ1n) is 8.12. The zero-order valence-corrected chi connectivity index (χ0v) is 15.9. The Hall–Kier alpha value is -0.880. The number of methoxy groups -OCH3 is 2. The van der Waals surface area contributed by atoms with Gasteiger partial charge in [0.2, 0.25) is 5.75 Å². The molecule has 1 saturated heterocycles. The summed E-state index contributed by atoms with van der Waals surface area (Å²) < 4.78 is 10.7. The molecular weight excluding hydrogens is 351 g/mol. The topological polar surface area (TPSA) is 54.0 Å². The van der Waals surface area contributed by atoms with Crippen LogP contribution in [0.2, 0.25) is 0 Å². The van der Waals surface area contributed by atoms with Gasteiger partial charge in [-0.2, -0.15) is 0 Å². The fraction of sp³-hybridized carbons (Fsp3) is 0.647. The molecule has 1 aliphatic heterocycles. The Morgan fingerprint density at radius 2 is 1.67 bits per heavy atom. The van der Waals surface area contributed by atoms with E-state index < -0.39 is 0 Å². The molecular formula is C17H28Cl2N2O3. The van der Waals surface area contributed by atoms with Crippen molar-refractivity contribution in [2.45, 2.75) is 25.3 Å². The van der Waals surface area contributed by atoms with Gasteiger partial charge < -0.3 is 19.9 Å². The van der Waals surface area contributed by atoms with Gasteiger partial charge in [0.1, 0.15) is 0 Å². The molecule has 1 aromatic carbocycles. The van der Waals surface area contributed by atoms with E-state index in [1.54, 1.807) is 14.2 Å². The van der Waals surface area contributed by atoms with E-state index in [0.29, 0.717) is 17.5 Å². The highest BCUT2D eigenvalue weighted by molar-refractivity contribution is 5.85. The van der Waals surface area contributed by atoms with E-state index in [0.717, 1.165) is 32.1 Å². The highest BCUT2D eigenvalue weighted by atomic mass is 35.5. The Labute approximate surface area is 156 Å². The fourth-order valence-corrected chi connectivity index (χ4v) is 3.27. The minimum absolute atomic E-state index is 0. The number of nitrogens with one attached hydrogen (secondary N) is 1. The SMILES string of the molecule is COc1cc([C@H](CC2CC2)N2CCNCC2)cc(OC)c1O.Cl.Cl. The van der Waals surface area contributed by atoms with Gasteiger partial charge in [0.05, 0.1) is 14.2 Å². The summed E-state index contributed by atoms with van der Waals surface area (Å²) >= 11 is 0. The number of ether oxygens (including phenoxy) is 2. The third kappa shape index (κ3) is 4.82. The summed E-state index contributed by atoms with van der Waals surface area (Å²) in [4.78, 5) is 2.54. The maximum atomic E-state index is 10.1. The number of nitrogens with zero attached hydrogens (tertiary/aromatic N) is 1. The average molecular weight is 379 g/mol. The number of rotatable bonds is 6. The van der Waals surface area contributed by atoms with E-state index in [9.17, 15) is 5.11 Å². The van der Waals surface area contributed by atoms with Crippen LogP contribution in [-0.2, 0) is 0 Å². The normalized spacial score (nSPS) is 18.9. The van der Waals surface area contributed by atoms with Gasteiger partial charge in [0.25, 0.3) is 0 Å². The summed E-state index contributed by atoms with van der Waals surface area (Å²) in [5, 5.41) is 13.5. The van der Waals surface area contributed by atoms with E-state index in [-0.39, 0.29) is 30.6 Å². The molecule has 0 unspecified atom stereocenters. The lowest BCUT2D eigenvalue weighted by Crippen LogP contribution is -2.45. The lowest BCUT2D eigenvalue weighted by molar-refractivity contribution is 0.160. The van der Waals surface area contributed by atoms with E-state index in [4.69, 9.17) is 9.47 Å². The minimum atomic E-state index is 0. The van der Waals surface area contributed by atoms with Crippen molar-refractivity contribution in [2.75, 3.05) is 40.4 Å². The monoisotopic (exact) mass is 378 g/mol. The largest absolute Gasteiger partial charge is 0.502 e. The second-order valence-electron chi connectivity index (χ2n) is 6.25. The smallest absolute Gasteiger partial charge is 0.200 e. The van der Waals surface area contributed by atoms with Crippen molar-refractivity contribution in [1.82, 2.24) is 10.2 Å². The number of piperazine rings is 1. The van der Waals surface area contributed by atoms with Crippen LogP contribution in [0.15, 0.2) is 12.1 Å². The Morgan fingerprint density at radius 1 is 1.12 bits per heavy atom. The first-order valence-corrected chi connectivity index (χ1v) is 8.12. The Morgan fingerprint density at radius 3 is 2.12 bits per heavy atom. The summed E-state index contributed by atoms with van der Waals surface area (Å²) in [6.07, 6.45) is 3.86. The molecule has 1 heterocycles. The highest BCUT2D eigenvalue weighted by Gasteiger charge is 2.31. The quantitative estimate of drug-likeness (QED) is 0.796. The van der Waals surface area contributed by atoms with Crippen molar-refractivity contribution in [2.24, 2.45) is 5.92 Å². The molecule has 24 heavy (non-hydrogen) atoms. The van der Waals surface area contributed by atoms with Gasteiger partial charge in [-0.05, 0) is 30.0 Å². The molecule has 5 nitrogen and oxygen atoms in total. The van der Waals surface area contributed by atoms with Gasteiger partial charge in [-0.25, -0.2) is 0 Å². The number of phenolic OH excluding ortho intramolecular Hbond substituents is 1. The number of hydrogen-bond donors (Lipinski definition) is 2. The number of hydrogen-bond acceptors (Lipinski definition) is 5. The molecule has 2 fully saturated rings. The molecule has 1 saturated carbocycles. The van der Waals surface area contributed by atoms with Gasteiger partial charge in [0, 0.05) is 32.2 Å². The first-order chi connectivity index (χ1) is 10.7. The van der Waals surface area contributed by atoms with Crippen molar-refractivity contribution in [3.8, 4) is 17.2 Å². The van der Waals surface area contributed by atoms with Crippen molar-refractivity contribution < 1.29 is 14.6 Å². The second kappa shape index (κ2) is 9.56. The maximum Gasteiger partial charge on any atom is 0.200 e. The number of halogens is 2. The predicted molar refractivity (Wildman–Crippen MR) is 100 cm³/mol. The predicted octanol–water partition coefficient (Wildman–Crippen LogP) is 3.00. The Bertz CT molecular complexity index is 496. The van der Waals surface area contributed by atoms with Crippen molar-refractivity contribution in [1.29, 1.82) is 0 Å². The molecule has 0 aromatic heterocycles. The standard InChI is InChI=1S/C17H26N2O3.2ClH/c1-21-15-10-13(11-16(22-2)17(15)20)14(9-12-3-4-12)19-7-5-18-6-8-19;;/h10-12,14,18,20H,3-9H2,1-2H3;2*1H/t14-;;/m0../s1. The van der Waals surface area contributed by atoms with Crippen LogP contribution in [0.3, 0.4) is 0 Å². The van der Waals surface area contributed by atoms with Gasteiger partial charge >= 0.3 is 0 Å². The van der Waals surface area contributed by atoms with E-state index in [1.165, 1.54) is 24.8 Å². The summed E-state index contributed by atoms with van der Waals surface area (Å²) in [7, 11) is 3.16. The van der Waals surface area contributed by atoms with Crippen molar-refractivity contribution in [3.63, 3.8) is 0 Å². The molecule has 1 aromatic rings. The van der Waals surface area contributed by atoms with Crippen LogP contribution in [0.25, 0.3) is 0 Å². The zero-order valence-electron chi connectivity index (χ0n) is 14.3. The molecule has 0 bridgehead atoms. The Kier molecular flexibility index (Phi) is 8.43. The van der Waals surface area contributed by atoms with Gasteiger partial charge in [-0.15, -0.1) is 24.8 Å². The molecule has 3 rings (SSSR count). The highest BCUT2D eigenvalue weighted by Crippen LogP contribution is 2.44. The lowest BCUT2D eigenvalue weighted by atomic mass is 9.97. The van der Waals surface area contributed by atoms with E-state index in [1.807, 2.05) is 12.1 Å². The van der Waals surface area contributed by atoms with E-state index in [2.05, 4.69) is 10.2 Å². The molecule has 0 amide bonds. The van der Waals surface area contributed by atoms with Gasteiger partial charge in [0.15, 0.2) is 11.5 Å². The number of phenols is 1. The molecule has 7 heteroatoms. The zero-order chi connectivity index (χ0) is 15.5. The minimum Gasteiger partial charge on any atom is -0.502 e. The number of benzene rings is 1. The molecule has 0 spiro atoms. The van der Waals surface area contributed by atoms with Crippen LogP contribution in [0.5, 0.6) is 17.2 Å². The maximum absolute atomic E-state index is 10.1. The van der Waals surface area contributed by atoms with Crippen molar-refractivity contribution >= 4 is 24.8 Å². The lowest BCUT2D eigenvalue weighted by Gasteiger charge is -2.35. The first kappa shape index (κ1) is 21.2. The van der Waals surface area contributed by atoms with Gasteiger partial charge in [-0.3, -0.25) is 4.90 Å². The van der Waals surface area contributed by atoms with Crippen LogP contribution >= 0.6 is 24.8 Å². The molecule has 2 N–H and O–H groups in total. The molecule has 2 aliphatic rings. The average Bonchev–Trinajstić information content (AvgIpc) is 3.38. The number of aromatic hydroxyl groups is 1. The van der Waals surface area contributed by atoms with Crippen LogP contribution in [0, 0.1) is 5.92 Å². The van der Waals surface area contributed by atoms with Gasteiger partial charge in [-0.1, -0.05) is 12.8 Å². The fourth-order valence-electron chi connectivity index (χ4n) is 3.27. The summed E-state index contributed by atoms with van der Waals surface area (Å²) in [6, 6.07) is 4.30. The summed E-state index contributed by atoms with van der Waals surface area (Å²) in [6.45, 7) is 4.19. The Balaban J connectivity index is 0.00000144. The molecule has 0 radical (unpaired) electrons. The van der Waals surface area contributed by atoms with E-state index >= 15 is 0 Å². The van der Waals surface area contributed by atoms with Crippen LogP contribution in [0.1, 0.15) is 30.9 Å². The third-order valence-corrected chi connectivity index (χ3v) is 4.73.